The molecule has 4 heteroatoms. The van der Waals surface area contributed by atoms with Crippen molar-refractivity contribution in [3.05, 3.63) is 53.9 Å². The Bertz CT molecular complexity index is 399. The predicted octanol–water partition coefficient (Wildman–Crippen LogP) is 1.90. The zero-order valence-electron chi connectivity index (χ0n) is 7.85. The van der Waals surface area contributed by atoms with Crippen LogP contribution in [0.5, 0.6) is 0 Å². The van der Waals surface area contributed by atoms with E-state index < -0.39 is 5.91 Å². The van der Waals surface area contributed by atoms with Crippen LogP contribution in [0.25, 0.3) is 6.08 Å². The lowest BCUT2D eigenvalue weighted by Gasteiger charge is -1.91. The first-order valence-electron chi connectivity index (χ1n) is 4.27. The second-order valence-corrected chi connectivity index (χ2v) is 2.75. The highest BCUT2D eigenvalue weighted by atomic mass is 19.1. The van der Waals surface area contributed by atoms with Crippen LogP contribution in [-0.2, 0) is 4.79 Å². The molecule has 0 aliphatic heterocycles. The summed E-state index contributed by atoms with van der Waals surface area (Å²) in [5.74, 6) is -0.923. The van der Waals surface area contributed by atoms with Crippen LogP contribution in [0.1, 0.15) is 5.56 Å². The van der Waals surface area contributed by atoms with Crippen molar-refractivity contribution in [2.75, 3.05) is 0 Å². The predicted molar refractivity (Wildman–Crippen MR) is 54.5 cm³/mol. The van der Waals surface area contributed by atoms with Crippen LogP contribution in [-0.4, -0.2) is 11.1 Å². The molecule has 0 heterocycles. The zero-order chi connectivity index (χ0) is 11.1. The van der Waals surface area contributed by atoms with E-state index in [1.807, 2.05) is 0 Å². The van der Waals surface area contributed by atoms with Crippen molar-refractivity contribution in [1.82, 2.24) is 5.48 Å². The summed E-state index contributed by atoms with van der Waals surface area (Å²) in [6.45, 7) is 0. The molecule has 0 unspecified atom stereocenters. The molecule has 0 fully saturated rings. The van der Waals surface area contributed by atoms with Crippen molar-refractivity contribution in [2.45, 2.75) is 0 Å². The molecule has 0 atom stereocenters. The topological polar surface area (TPSA) is 49.3 Å². The fourth-order valence-corrected chi connectivity index (χ4v) is 0.957. The number of halogens is 1. The smallest absolute Gasteiger partial charge is 0.267 e. The van der Waals surface area contributed by atoms with E-state index in [1.54, 1.807) is 24.3 Å². The Morgan fingerprint density at radius 1 is 1.40 bits per heavy atom. The lowest BCUT2D eigenvalue weighted by atomic mass is 10.2. The summed E-state index contributed by atoms with van der Waals surface area (Å²) in [6.07, 6.45) is 5.81. The number of hydrogen-bond donors (Lipinski definition) is 2. The van der Waals surface area contributed by atoms with E-state index in [0.29, 0.717) is 5.56 Å². The maximum absolute atomic E-state index is 12.7. The van der Waals surface area contributed by atoms with Gasteiger partial charge in [-0.3, -0.25) is 10.0 Å². The molecule has 2 N–H and O–H groups in total. The standard InChI is InChI=1S/C11H10FNO2/c12-10-6-3-5-9(8-10)4-1-2-7-11(14)13-15/h1-8,15H,(H,13,14)/b4-1+,7-2+. The minimum absolute atomic E-state index is 0.311. The number of rotatable bonds is 3. The fraction of sp³-hybridized carbons (Fsp3) is 0. The van der Waals surface area contributed by atoms with Crippen LogP contribution in [0.15, 0.2) is 42.5 Å². The molecule has 1 amide bonds. The molecule has 0 aromatic heterocycles. The quantitative estimate of drug-likeness (QED) is 0.344. The lowest BCUT2D eigenvalue weighted by Crippen LogP contribution is -2.14. The van der Waals surface area contributed by atoms with Crippen LogP contribution >= 0.6 is 0 Å². The summed E-state index contributed by atoms with van der Waals surface area (Å²) in [4.78, 5) is 10.5. The summed E-state index contributed by atoms with van der Waals surface area (Å²) in [7, 11) is 0. The van der Waals surface area contributed by atoms with Crippen LogP contribution in [0.3, 0.4) is 0 Å². The van der Waals surface area contributed by atoms with Crippen molar-refractivity contribution < 1.29 is 14.4 Å². The highest BCUT2D eigenvalue weighted by molar-refractivity contribution is 5.86. The molecule has 1 aromatic rings. The molecule has 3 nitrogen and oxygen atoms in total. The Hall–Kier alpha value is -1.94. The highest BCUT2D eigenvalue weighted by Gasteiger charge is 1.89. The van der Waals surface area contributed by atoms with Gasteiger partial charge < -0.3 is 0 Å². The SMILES string of the molecule is O=C(/C=C/C=C/c1cccc(F)c1)NO. The van der Waals surface area contributed by atoms with Gasteiger partial charge in [-0.15, -0.1) is 0 Å². The summed E-state index contributed by atoms with van der Waals surface area (Å²) < 4.78 is 12.7. The summed E-state index contributed by atoms with van der Waals surface area (Å²) in [5, 5.41) is 8.16. The average molecular weight is 207 g/mol. The van der Waals surface area contributed by atoms with Gasteiger partial charge in [0, 0.05) is 6.08 Å². The molecule has 0 aliphatic rings. The van der Waals surface area contributed by atoms with E-state index in [4.69, 9.17) is 5.21 Å². The number of benzene rings is 1. The van der Waals surface area contributed by atoms with Gasteiger partial charge in [-0.1, -0.05) is 30.4 Å². The highest BCUT2D eigenvalue weighted by Crippen LogP contribution is 2.05. The number of hydroxylamine groups is 1. The van der Waals surface area contributed by atoms with Gasteiger partial charge in [0.05, 0.1) is 0 Å². The molecule has 0 bridgehead atoms. The van der Waals surface area contributed by atoms with Crippen LogP contribution in [0, 0.1) is 5.82 Å². The maximum Gasteiger partial charge on any atom is 0.267 e. The number of carbonyl (C=O) groups excluding carboxylic acids is 1. The van der Waals surface area contributed by atoms with Crippen molar-refractivity contribution in [1.29, 1.82) is 0 Å². The lowest BCUT2D eigenvalue weighted by molar-refractivity contribution is -0.124. The number of hydrogen-bond acceptors (Lipinski definition) is 2. The Balaban J connectivity index is 2.59. The largest absolute Gasteiger partial charge is 0.288 e. The van der Waals surface area contributed by atoms with Crippen LogP contribution in [0.2, 0.25) is 0 Å². The molecule has 1 rings (SSSR count). The van der Waals surface area contributed by atoms with Crippen molar-refractivity contribution in [3.8, 4) is 0 Å². The first-order chi connectivity index (χ1) is 7.22. The minimum Gasteiger partial charge on any atom is -0.288 e. The van der Waals surface area contributed by atoms with E-state index in [2.05, 4.69) is 0 Å². The molecule has 0 aliphatic carbocycles. The molecule has 0 radical (unpaired) electrons. The van der Waals surface area contributed by atoms with E-state index in [-0.39, 0.29) is 5.82 Å². The molecular weight excluding hydrogens is 197 g/mol. The zero-order valence-corrected chi connectivity index (χ0v) is 7.85. The monoisotopic (exact) mass is 207 g/mol. The van der Waals surface area contributed by atoms with Gasteiger partial charge in [-0.05, 0) is 17.7 Å². The van der Waals surface area contributed by atoms with Crippen molar-refractivity contribution >= 4 is 12.0 Å². The first kappa shape index (κ1) is 11.1. The van der Waals surface area contributed by atoms with Crippen LogP contribution in [0.4, 0.5) is 4.39 Å². The third-order valence-corrected chi connectivity index (χ3v) is 1.61. The van der Waals surface area contributed by atoms with Crippen molar-refractivity contribution in [2.24, 2.45) is 0 Å². The second-order valence-electron chi connectivity index (χ2n) is 2.75. The van der Waals surface area contributed by atoms with Gasteiger partial charge in [0.25, 0.3) is 5.91 Å². The summed E-state index contributed by atoms with van der Waals surface area (Å²) >= 11 is 0. The molecule has 0 spiro atoms. The van der Waals surface area contributed by atoms with Gasteiger partial charge in [0.1, 0.15) is 5.82 Å². The molecule has 0 saturated carbocycles. The Morgan fingerprint density at radius 3 is 2.87 bits per heavy atom. The van der Waals surface area contributed by atoms with Gasteiger partial charge in [0.15, 0.2) is 0 Å². The number of allylic oxidation sites excluding steroid dienone is 2. The van der Waals surface area contributed by atoms with Gasteiger partial charge in [-0.2, -0.15) is 0 Å². The molecule has 0 saturated heterocycles. The second kappa shape index (κ2) is 5.72. The minimum atomic E-state index is -0.612. The Labute approximate surface area is 86.5 Å². The average Bonchev–Trinajstić information content (AvgIpc) is 2.24. The third kappa shape index (κ3) is 4.19. The van der Waals surface area contributed by atoms with Crippen molar-refractivity contribution in [3.63, 3.8) is 0 Å². The Morgan fingerprint density at radius 2 is 2.20 bits per heavy atom. The third-order valence-electron chi connectivity index (χ3n) is 1.61. The summed E-state index contributed by atoms with van der Waals surface area (Å²) in [6, 6.07) is 6.06. The van der Waals surface area contributed by atoms with E-state index in [9.17, 15) is 9.18 Å². The van der Waals surface area contributed by atoms with Gasteiger partial charge in [0.2, 0.25) is 0 Å². The Kier molecular flexibility index (Phi) is 4.25. The molecule has 15 heavy (non-hydrogen) atoms. The van der Waals surface area contributed by atoms with Gasteiger partial charge >= 0.3 is 0 Å². The molecular formula is C11H10FNO2. The maximum atomic E-state index is 12.7. The normalized spacial score (nSPS) is 11.1. The van der Waals surface area contributed by atoms with E-state index in [1.165, 1.54) is 23.7 Å². The fourth-order valence-electron chi connectivity index (χ4n) is 0.957. The number of nitrogens with one attached hydrogen (secondary N) is 1. The van der Waals surface area contributed by atoms with Gasteiger partial charge in [-0.25, -0.2) is 9.87 Å². The van der Waals surface area contributed by atoms with E-state index >= 15 is 0 Å². The number of amides is 1. The number of carbonyl (C=O) groups is 1. The summed E-state index contributed by atoms with van der Waals surface area (Å²) in [5.41, 5.74) is 2.15. The molecule has 1 aromatic carbocycles. The first-order valence-corrected chi connectivity index (χ1v) is 4.27. The van der Waals surface area contributed by atoms with E-state index in [0.717, 1.165) is 6.08 Å². The molecule has 78 valence electrons. The van der Waals surface area contributed by atoms with Crippen LogP contribution < -0.4 is 5.48 Å².